The summed E-state index contributed by atoms with van der Waals surface area (Å²) in [7, 11) is 0. The van der Waals surface area contributed by atoms with Gasteiger partial charge in [-0.1, -0.05) is 31.2 Å². The highest BCUT2D eigenvalue weighted by Crippen LogP contribution is 2.40. The number of fused-ring (bicyclic) bond motifs is 2. The number of aliphatic hydroxyl groups is 1. The molecule has 2 atom stereocenters. The van der Waals surface area contributed by atoms with E-state index in [4.69, 9.17) is 0 Å². The van der Waals surface area contributed by atoms with Crippen LogP contribution in [-0.4, -0.2) is 5.11 Å². The van der Waals surface area contributed by atoms with Gasteiger partial charge in [0.1, 0.15) is 0 Å². The molecule has 0 saturated carbocycles. The van der Waals surface area contributed by atoms with Crippen LogP contribution in [0.2, 0.25) is 0 Å². The third kappa shape index (κ3) is 1.64. The smallest absolute Gasteiger partial charge is 0.0795 e. The predicted octanol–water partition coefficient (Wildman–Crippen LogP) is 3.94. The molecule has 0 aliphatic heterocycles. The molecule has 2 aliphatic carbocycles. The molecule has 0 bridgehead atoms. The summed E-state index contributed by atoms with van der Waals surface area (Å²) < 4.78 is 0. The summed E-state index contributed by atoms with van der Waals surface area (Å²) >= 11 is 0. The molecular weight excluding hydrogens is 232 g/mol. The van der Waals surface area contributed by atoms with Crippen molar-refractivity contribution in [3.05, 3.63) is 46.5 Å². The standard InChI is InChI=1S/C18H20O/c1-11-5-8-14-15-4-2-3-12-6-7-13(18(12)15)10-16(14)17(19)9-11/h2-4,10-11,17,19H,5-9H2,1H3. The molecule has 98 valence electrons. The van der Waals surface area contributed by atoms with Crippen LogP contribution in [0.25, 0.3) is 10.8 Å². The Labute approximate surface area is 114 Å². The van der Waals surface area contributed by atoms with Crippen LogP contribution in [0.1, 0.15) is 48.1 Å². The Morgan fingerprint density at radius 1 is 1.11 bits per heavy atom. The lowest BCUT2D eigenvalue weighted by Crippen LogP contribution is -2.02. The van der Waals surface area contributed by atoms with Gasteiger partial charge in [0.2, 0.25) is 0 Å². The molecule has 1 heteroatoms. The molecule has 0 radical (unpaired) electrons. The van der Waals surface area contributed by atoms with Gasteiger partial charge in [0.25, 0.3) is 0 Å². The molecule has 0 fully saturated rings. The first kappa shape index (κ1) is 11.5. The highest BCUT2D eigenvalue weighted by atomic mass is 16.3. The Morgan fingerprint density at radius 3 is 2.84 bits per heavy atom. The zero-order valence-electron chi connectivity index (χ0n) is 11.4. The molecule has 0 saturated heterocycles. The van der Waals surface area contributed by atoms with Gasteiger partial charge < -0.3 is 5.11 Å². The SMILES string of the molecule is CC1CCc2c(cc3c4c(cccc24)CC3)C(O)C1. The molecule has 2 unspecified atom stereocenters. The maximum absolute atomic E-state index is 10.5. The molecule has 1 N–H and O–H groups in total. The normalized spacial score (nSPS) is 25.4. The molecule has 2 aromatic carbocycles. The van der Waals surface area contributed by atoms with Gasteiger partial charge in [0.05, 0.1) is 6.10 Å². The fraction of sp³-hybridized carbons (Fsp3) is 0.444. The van der Waals surface area contributed by atoms with Gasteiger partial charge in [0, 0.05) is 0 Å². The molecule has 2 aliphatic rings. The topological polar surface area (TPSA) is 20.2 Å². The van der Waals surface area contributed by atoms with E-state index in [9.17, 15) is 5.11 Å². The zero-order valence-corrected chi connectivity index (χ0v) is 11.4. The third-order valence-electron chi connectivity index (χ3n) is 5.01. The molecule has 0 spiro atoms. The molecule has 1 nitrogen and oxygen atoms in total. The van der Waals surface area contributed by atoms with Gasteiger partial charge in [-0.3, -0.25) is 0 Å². The molecule has 4 rings (SSSR count). The minimum Gasteiger partial charge on any atom is -0.388 e. The Hall–Kier alpha value is -1.34. The van der Waals surface area contributed by atoms with Crippen LogP contribution in [0.5, 0.6) is 0 Å². The van der Waals surface area contributed by atoms with Crippen LogP contribution in [0, 0.1) is 5.92 Å². The van der Waals surface area contributed by atoms with E-state index in [-0.39, 0.29) is 6.10 Å². The highest BCUT2D eigenvalue weighted by molar-refractivity contribution is 5.94. The number of aliphatic hydroxyl groups excluding tert-OH is 1. The summed E-state index contributed by atoms with van der Waals surface area (Å²) in [4.78, 5) is 0. The van der Waals surface area contributed by atoms with Crippen molar-refractivity contribution in [3.8, 4) is 0 Å². The maximum atomic E-state index is 10.5. The van der Waals surface area contributed by atoms with Crippen LogP contribution in [-0.2, 0) is 19.3 Å². The number of hydrogen-bond acceptors (Lipinski definition) is 1. The van der Waals surface area contributed by atoms with Crippen molar-refractivity contribution in [2.75, 3.05) is 0 Å². The lowest BCUT2D eigenvalue weighted by molar-refractivity contribution is 0.150. The van der Waals surface area contributed by atoms with Crippen molar-refractivity contribution >= 4 is 10.8 Å². The van der Waals surface area contributed by atoms with Crippen LogP contribution >= 0.6 is 0 Å². The average molecular weight is 252 g/mol. The lowest BCUT2D eigenvalue weighted by Gasteiger charge is -2.16. The summed E-state index contributed by atoms with van der Waals surface area (Å²) in [6.07, 6.45) is 5.28. The Balaban J connectivity index is 2.03. The summed E-state index contributed by atoms with van der Waals surface area (Å²) in [5, 5.41) is 13.4. The number of hydrogen-bond donors (Lipinski definition) is 1. The lowest BCUT2D eigenvalue weighted by atomic mass is 9.91. The second kappa shape index (κ2) is 4.08. The summed E-state index contributed by atoms with van der Waals surface area (Å²) in [6, 6.07) is 9.01. The first-order valence-corrected chi connectivity index (χ1v) is 7.48. The largest absolute Gasteiger partial charge is 0.388 e. The van der Waals surface area contributed by atoms with Gasteiger partial charge >= 0.3 is 0 Å². The Morgan fingerprint density at radius 2 is 1.95 bits per heavy atom. The van der Waals surface area contributed by atoms with E-state index in [0.717, 1.165) is 19.3 Å². The first-order chi connectivity index (χ1) is 9.24. The van der Waals surface area contributed by atoms with Gasteiger partial charge in [-0.2, -0.15) is 0 Å². The number of aryl methyl sites for hydroxylation is 3. The summed E-state index contributed by atoms with van der Waals surface area (Å²) in [5.41, 5.74) is 5.59. The monoisotopic (exact) mass is 252 g/mol. The van der Waals surface area contributed by atoms with E-state index in [1.54, 1.807) is 0 Å². The Kier molecular flexibility index (Phi) is 2.46. The van der Waals surface area contributed by atoms with Crippen LogP contribution in [0.15, 0.2) is 24.3 Å². The molecule has 0 amide bonds. The zero-order chi connectivity index (χ0) is 13.0. The predicted molar refractivity (Wildman–Crippen MR) is 78.4 cm³/mol. The summed E-state index contributed by atoms with van der Waals surface area (Å²) in [5.74, 6) is 0.618. The fourth-order valence-corrected chi connectivity index (χ4v) is 4.00. The number of rotatable bonds is 0. The van der Waals surface area contributed by atoms with E-state index >= 15 is 0 Å². The number of benzene rings is 2. The van der Waals surface area contributed by atoms with Gasteiger partial charge in [-0.25, -0.2) is 0 Å². The van der Waals surface area contributed by atoms with Crippen molar-refractivity contribution < 1.29 is 5.11 Å². The van der Waals surface area contributed by atoms with E-state index in [0.29, 0.717) is 5.92 Å². The van der Waals surface area contributed by atoms with Crippen molar-refractivity contribution in [1.82, 2.24) is 0 Å². The Bertz CT molecular complexity index is 656. The van der Waals surface area contributed by atoms with Crippen LogP contribution in [0.3, 0.4) is 0 Å². The van der Waals surface area contributed by atoms with E-state index in [2.05, 4.69) is 31.2 Å². The average Bonchev–Trinajstić information content (AvgIpc) is 2.75. The van der Waals surface area contributed by atoms with Crippen LogP contribution in [0.4, 0.5) is 0 Å². The molecule has 0 heterocycles. The highest BCUT2D eigenvalue weighted by Gasteiger charge is 2.25. The molecule has 0 aromatic heterocycles. The fourth-order valence-electron chi connectivity index (χ4n) is 4.00. The second-order valence-corrected chi connectivity index (χ2v) is 6.34. The van der Waals surface area contributed by atoms with Crippen molar-refractivity contribution in [2.24, 2.45) is 5.92 Å². The minimum atomic E-state index is -0.266. The first-order valence-electron chi connectivity index (χ1n) is 7.48. The third-order valence-corrected chi connectivity index (χ3v) is 5.01. The molecular formula is C18H20O. The minimum absolute atomic E-state index is 0.266. The van der Waals surface area contributed by atoms with Crippen molar-refractivity contribution in [3.63, 3.8) is 0 Å². The molecule has 19 heavy (non-hydrogen) atoms. The van der Waals surface area contributed by atoms with E-state index < -0.39 is 0 Å². The quantitative estimate of drug-likeness (QED) is 0.704. The van der Waals surface area contributed by atoms with Gasteiger partial charge in [-0.05, 0) is 71.0 Å². The van der Waals surface area contributed by atoms with E-state index in [1.165, 1.54) is 45.9 Å². The summed E-state index contributed by atoms with van der Waals surface area (Å²) in [6.45, 7) is 2.26. The molecule has 2 aromatic rings. The van der Waals surface area contributed by atoms with Gasteiger partial charge in [-0.15, -0.1) is 0 Å². The van der Waals surface area contributed by atoms with Gasteiger partial charge in [0.15, 0.2) is 0 Å². The van der Waals surface area contributed by atoms with Crippen molar-refractivity contribution in [1.29, 1.82) is 0 Å². The maximum Gasteiger partial charge on any atom is 0.0795 e. The van der Waals surface area contributed by atoms with Crippen LogP contribution < -0.4 is 0 Å². The second-order valence-electron chi connectivity index (χ2n) is 6.34. The van der Waals surface area contributed by atoms with E-state index in [1.807, 2.05) is 0 Å². The van der Waals surface area contributed by atoms with Crippen molar-refractivity contribution in [2.45, 2.75) is 45.1 Å².